The Morgan fingerprint density at radius 1 is 1.03 bits per heavy atom. The molecule has 0 aromatic carbocycles. The molecule has 0 bridgehead atoms. The molecule has 33 heavy (non-hydrogen) atoms. The lowest BCUT2D eigenvalue weighted by molar-refractivity contribution is 0.112. The molecule has 1 unspecified atom stereocenters. The maximum atomic E-state index is 10.2. The van der Waals surface area contributed by atoms with Crippen LogP contribution in [0.1, 0.15) is 51.5 Å². The first kappa shape index (κ1) is 28.2. The summed E-state index contributed by atoms with van der Waals surface area (Å²) in [4.78, 5) is 12.4. The predicted molar refractivity (Wildman–Crippen MR) is 147 cm³/mol. The van der Waals surface area contributed by atoms with Gasteiger partial charge in [0.15, 0.2) is 6.29 Å². The topological polar surface area (TPSA) is 98.7 Å². The SMILES string of the molecule is CCc1cc(C(O)c2cn(C)nc2Br)ns1.CCc1cc(C=O)ns1.Cn1cc(I)c(Br)n1. The summed E-state index contributed by atoms with van der Waals surface area (Å²) in [6.45, 7) is 4.12. The van der Waals surface area contributed by atoms with Gasteiger partial charge in [0, 0.05) is 41.8 Å². The van der Waals surface area contributed by atoms with Crippen LogP contribution in [-0.2, 0) is 26.9 Å². The maximum Gasteiger partial charge on any atom is 0.169 e. The molecule has 8 nitrogen and oxygen atoms in total. The molecule has 4 aromatic rings. The first-order valence-corrected chi connectivity index (χ1v) is 14.0. The number of aromatic nitrogens is 6. The Morgan fingerprint density at radius 3 is 1.97 bits per heavy atom. The van der Waals surface area contributed by atoms with Crippen LogP contribution in [0.4, 0.5) is 0 Å². The average molecular weight is 730 g/mol. The summed E-state index contributed by atoms with van der Waals surface area (Å²) in [5.74, 6) is 0. The number of halogens is 3. The molecule has 0 spiro atoms. The molecule has 4 rings (SSSR count). The Labute approximate surface area is 231 Å². The second kappa shape index (κ2) is 13.8. The fourth-order valence-corrected chi connectivity index (χ4v) is 5.16. The van der Waals surface area contributed by atoms with Crippen molar-refractivity contribution in [2.24, 2.45) is 14.1 Å². The third-order valence-electron chi connectivity index (χ3n) is 4.10. The van der Waals surface area contributed by atoms with Gasteiger partial charge in [0.2, 0.25) is 0 Å². The van der Waals surface area contributed by atoms with Gasteiger partial charge in [-0.05, 0) is 102 Å². The molecular formula is C20H23Br2IN6O2S2. The molecule has 0 aliphatic rings. The molecule has 4 aromatic heterocycles. The van der Waals surface area contributed by atoms with Gasteiger partial charge < -0.3 is 5.11 Å². The minimum atomic E-state index is -0.709. The van der Waals surface area contributed by atoms with Crippen molar-refractivity contribution in [1.29, 1.82) is 0 Å². The normalized spacial score (nSPS) is 11.3. The van der Waals surface area contributed by atoms with Gasteiger partial charge in [0.05, 0.1) is 9.26 Å². The van der Waals surface area contributed by atoms with E-state index in [-0.39, 0.29) is 0 Å². The van der Waals surface area contributed by atoms with Crippen molar-refractivity contribution >= 4 is 83.8 Å². The van der Waals surface area contributed by atoms with Gasteiger partial charge in [-0.3, -0.25) is 14.2 Å². The number of hydrogen-bond donors (Lipinski definition) is 1. The van der Waals surface area contributed by atoms with E-state index in [2.05, 4.69) is 80.3 Å². The summed E-state index contributed by atoms with van der Waals surface area (Å²) in [6, 6.07) is 3.76. The van der Waals surface area contributed by atoms with Crippen LogP contribution < -0.4 is 0 Å². The highest BCUT2D eigenvalue weighted by atomic mass is 127. The molecule has 1 atom stereocenters. The highest BCUT2D eigenvalue weighted by Gasteiger charge is 2.19. The van der Waals surface area contributed by atoms with E-state index in [1.807, 2.05) is 39.3 Å². The van der Waals surface area contributed by atoms with Gasteiger partial charge in [-0.2, -0.15) is 18.9 Å². The Kier molecular flexibility index (Phi) is 11.8. The number of aliphatic hydroxyl groups excluding tert-OH is 1. The van der Waals surface area contributed by atoms with Crippen LogP contribution in [0.2, 0.25) is 0 Å². The zero-order valence-electron chi connectivity index (χ0n) is 18.4. The van der Waals surface area contributed by atoms with Crippen molar-refractivity contribution in [3.63, 3.8) is 0 Å². The third-order valence-corrected chi connectivity index (χ3v) is 8.72. The molecule has 0 aliphatic carbocycles. The summed E-state index contributed by atoms with van der Waals surface area (Å²) in [6.07, 6.45) is 5.71. The number of aliphatic hydroxyl groups is 1. The van der Waals surface area contributed by atoms with E-state index in [0.717, 1.165) is 37.7 Å². The lowest BCUT2D eigenvalue weighted by atomic mass is 10.1. The van der Waals surface area contributed by atoms with Crippen molar-refractivity contribution in [1.82, 2.24) is 28.3 Å². The molecule has 1 N–H and O–H groups in total. The van der Waals surface area contributed by atoms with Crippen LogP contribution in [0.15, 0.2) is 33.7 Å². The first-order chi connectivity index (χ1) is 15.7. The molecule has 4 heterocycles. The average Bonchev–Trinajstić information content (AvgIpc) is 3.56. The van der Waals surface area contributed by atoms with Crippen LogP contribution in [-0.4, -0.2) is 39.7 Å². The van der Waals surface area contributed by atoms with Crippen LogP contribution in [0.5, 0.6) is 0 Å². The number of nitrogens with zero attached hydrogens (tertiary/aromatic N) is 6. The standard InChI is InChI=1S/C10H12BrN3OS.C6H7NOS.C4H4BrIN2/c1-3-6-4-8(13-16-6)9(15)7-5-14(2)12-10(7)11;1-2-6-3-5(4-8)7-9-6;1-8-2-3(6)4(5)7-8/h4-5,9,15H,3H2,1-2H3;3-4H,2H2,1H3;2H,1H3. The summed E-state index contributed by atoms with van der Waals surface area (Å²) in [5.41, 5.74) is 1.99. The Hall–Kier alpha value is -1.000. The minimum absolute atomic E-state index is 0.553. The molecule has 0 radical (unpaired) electrons. The monoisotopic (exact) mass is 728 g/mol. The zero-order valence-corrected chi connectivity index (χ0v) is 25.3. The first-order valence-electron chi connectivity index (χ1n) is 9.76. The number of rotatable bonds is 5. The van der Waals surface area contributed by atoms with Crippen LogP contribution >= 0.6 is 77.5 Å². The zero-order chi connectivity index (χ0) is 24.5. The largest absolute Gasteiger partial charge is 0.382 e. The van der Waals surface area contributed by atoms with Gasteiger partial charge in [-0.15, -0.1) is 0 Å². The Morgan fingerprint density at radius 2 is 1.61 bits per heavy atom. The number of aryl methyl sites for hydroxylation is 4. The van der Waals surface area contributed by atoms with Crippen molar-refractivity contribution in [3.05, 3.63) is 64.0 Å². The molecule has 0 saturated heterocycles. The van der Waals surface area contributed by atoms with Crippen LogP contribution in [0, 0.1) is 3.57 Å². The van der Waals surface area contributed by atoms with Crippen LogP contribution in [0.25, 0.3) is 0 Å². The second-order valence-electron chi connectivity index (χ2n) is 6.65. The third kappa shape index (κ3) is 8.62. The molecule has 13 heteroatoms. The van der Waals surface area contributed by atoms with Gasteiger partial charge in [-0.25, -0.2) is 0 Å². The van der Waals surface area contributed by atoms with Gasteiger partial charge in [-0.1, -0.05) is 13.8 Å². The van der Waals surface area contributed by atoms with E-state index in [0.29, 0.717) is 16.0 Å². The second-order valence-corrected chi connectivity index (χ2v) is 11.1. The van der Waals surface area contributed by atoms with E-state index in [4.69, 9.17) is 0 Å². The molecule has 0 saturated carbocycles. The van der Waals surface area contributed by atoms with E-state index in [1.165, 1.54) is 27.9 Å². The number of carbonyl (C=O) groups excluding carboxylic acids is 1. The summed E-state index contributed by atoms with van der Waals surface area (Å²) >= 11 is 11.6. The molecule has 0 fully saturated rings. The maximum absolute atomic E-state index is 10.2. The lowest BCUT2D eigenvalue weighted by Gasteiger charge is -2.04. The quantitative estimate of drug-likeness (QED) is 0.213. The van der Waals surface area contributed by atoms with Crippen molar-refractivity contribution in [2.75, 3.05) is 0 Å². The van der Waals surface area contributed by atoms with Crippen molar-refractivity contribution in [3.8, 4) is 0 Å². The molecule has 0 amide bonds. The summed E-state index contributed by atoms with van der Waals surface area (Å²) in [5, 5.41) is 18.3. The summed E-state index contributed by atoms with van der Waals surface area (Å²) in [7, 11) is 3.71. The molecular weight excluding hydrogens is 707 g/mol. The molecule has 0 aliphatic heterocycles. The van der Waals surface area contributed by atoms with E-state index in [1.54, 1.807) is 15.6 Å². The molecule has 178 valence electrons. The van der Waals surface area contributed by atoms with E-state index in [9.17, 15) is 9.90 Å². The number of hydrogen-bond acceptors (Lipinski definition) is 8. The van der Waals surface area contributed by atoms with Crippen molar-refractivity contribution in [2.45, 2.75) is 32.8 Å². The highest BCUT2D eigenvalue weighted by Crippen LogP contribution is 2.28. The fraction of sp³-hybridized carbons (Fsp3) is 0.350. The minimum Gasteiger partial charge on any atom is -0.382 e. The number of carbonyl (C=O) groups is 1. The fourth-order valence-electron chi connectivity index (χ4n) is 2.43. The van der Waals surface area contributed by atoms with Gasteiger partial charge >= 0.3 is 0 Å². The summed E-state index contributed by atoms with van der Waals surface area (Å²) < 4.78 is 14.3. The predicted octanol–water partition coefficient (Wildman–Crippen LogP) is 5.59. The lowest BCUT2D eigenvalue weighted by Crippen LogP contribution is -1.99. The van der Waals surface area contributed by atoms with E-state index >= 15 is 0 Å². The Bertz CT molecular complexity index is 1150. The van der Waals surface area contributed by atoms with E-state index < -0.39 is 6.10 Å². The van der Waals surface area contributed by atoms with Crippen LogP contribution in [0.3, 0.4) is 0 Å². The van der Waals surface area contributed by atoms with Crippen molar-refractivity contribution < 1.29 is 9.90 Å². The Balaban J connectivity index is 0.000000192. The smallest absolute Gasteiger partial charge is 0.169 e. The highest BCUT2D eigenvalue weighted by molar-refractivity contribution is 14.1. The number of aldehydes is 1. The van der Waals surface area contributed by atoms with Gasteiger partial charge in [0.1, 0.15) is 21.0 Å². The van der Waals surface area contributed by atoms with Gasteiger partial charge in [0.25, 0.3) is 0 Å².